The summed E-state index contributed by atoms with van der Waals surface area (Å²) in [5.74, 6) is 0.278. The van der Waals surface area contributed by atoms with Gasteiger partial charge in [0.15, 0.2) is 0 Å². The van der Waals surface area contributed by atoms with Crippen LogP contribution in [0.1, 0.15) is 24.2 Å². The number of halogens is 3. The smallest absolute Gasteiger partial charge is 0.253 e. The van der Waals surface area contributed by atoms with Gasteiger partial charge in [-0.05, 0) is 12.0 Å². The van der Waals surface area contributed by atoms with Gasteiger partial charge in [-0.15, -0.1) is 11.3 Å². The average Bonchev–Trinajstić information content (AvgIpc) is 2.53. The van der Waals surface area contributed by atoms with Gasteiger partial charge in [0.05, 0.1) is 9.90 Å². The molecule has 6 heteroatoms. The topological polar surface area (TPSA) is 29.1 Å². The van der Waals surface area contributed by atoms with Crippen LogP contribution in [0.25, 0.3) is 0 Å². The van der Waals surface area contributed by atoms with Crippen molar-refractivity contribution in [2.75, 3.05) is 6.54 Å². The van der Waals surface area contributed by atoms with E-state index in [-0.39, 0.29) is 10.7 Å². The SMILES string of the molecule is CC(C)C(Br)CNC(=O)c1cc(Cl)sc1Cl. The summed E-state index contributed by atoms with van der Waals surface area (Å²) in [6, 6.07) is 1.59. The lowest BCUT2D eigenvalue weighted by Crippen LogP contribution is -2.31. The Morgan fingerprint density at radius 1 is 1.56 bits per heavy atom. The molecule has 0 fully saturated rings. The van der Waals surface area contributed by atoms with E-state index in [9.17, 15) is 4.79 Å². The van der Waals surface area contributed by atoms with Gasteiger partial charge in [0.1, 0.15) is 4.34 Å². The van der Waals surface area contributed by atoms with Gasteiger partial charge in [0.2, 0.25) is 0 Å². The van der Waals surface area contributed by atoms with Gasteiger partial charge in [0.25, 0.3) is 5.91 Å². The Morgan fingerprint density at radius 3 is 2.62 bits per heavy atom. The van der Waals surface area contributed by atoms with Crippen LogP contribution in [-0.4, -0.2) is 17.3 Å². The molecule has 1 heterocycles. The van der Waals surface area contributed by atoms with Crippen LogP contribution >= 0.6 is 50.5 Å². The second-order valence-corrected chi connectivity index (χ2v) is 7.17. The van der Waals surface area contributed by atoms with Crippen molar-refractivity contribution in [3.05, 3.63) is 20.3 Å². The summed E-state index contributed by atoms with van der Waals surface area (Å²) in [7, 11) is 0. The number of carbonyl (C=O) groups excluding carboxylic acids is 1. The standard InChI is InChI=1S/C10H12BrCl2NOS/c1-5(2)7(11)4-14-10(15)6-3-8(12)16-9(6)13/h3,5,7H,4H2,1-2H3,(H,14,15). The molecule has 0 radical (unpaired) electrons. The van der Waals surface area contributed by atoms with Gasteiger partial charge in [-0.25, -0.2) is 0 Å². The van der Waals surface area contributed by atoms with Crippen molar-refractivity contribution < 1.29 is 4.79 Å². The predicted octanol–water partition coefficient (Wildman–Crippen LogP) is 4.20. The number of alkyl halides is 1. The van der Waals surface area contributed by atoms with E-state index in [1.54, 1.807) is 6.07 Å². The summed E-state index contributed by atoms with van der Waals surface area (Å²) in [6.45, 7) is 4.74. The molecule has 2 nitrogen and oxygen atoms in total. The summed E-state index contributed by atoms with van der Waals surface area (Å²) < 4.78 is 0.951. The van der Waals surface area contributed by atoms with Crippen LogP contribution in [0.3, 0.4) is 0 Å². The lowest BCUT2D eigenvalue weighted by atomic mass is 10.1. The van der Waals surface area contributed by atoms with Crippen LogP contribution in [0.4, 0.5) is 0 Å². The van der Waals surface area contributed by atoms with Gasteiger partial charge >= 0.3 is 0 Å². The van der Waals surface area contributed by atoms with E-state index in [0.29, 0.717) is 26.7 Å². The van der Waals surface area contributed by atoms with Crippen LogP contribution in [-0.2, 0) is 0 Å². The first-order valence-electron chi connectivity index (χ1n) is 4.79. The summed E-state index contributed by atoms with van der Waals surface area (Å²) in [5.41, 5.74) is 0.445. The lowest BCUT2D eigenvalue weighted by molar-refractivity contribution is 0.0953. The fourth-order valence-corrected chi connectivity index (χ4v) is 2.64. The van der Waals surface area contributed by atoms with Crippen LogP contribution in [0.5, 0.6) is 0 Å². The number of thiophene rings is 1. The lowest BCUT2D eigenvalue weighted by Gasteiger charge is -2.14. The van der Waals surface area contributed by atoms with E-state index < -0.39 is 0 Å². The zero-order chi connectivity index (χ0) is 12.3. The zero-order valence-corrected chi connectivity index (χ0v) is 12.8. The minimum absolute atomic E-state index is 0.182. The van der Waals surface area contributed by atoms with E-state index in [4.69, 9.17) is 23.2 Å². The first kappa shape index (κ1) is 14.3. The minimum Gasteiger partial charge on any atom is -0.351 e. The molecule has 1 atom stereocenters. The molecule has 16 heavy (non-hydrogen) atoms. The third-order valence-electron chi connectivity index (χ3n) is 2.08. The monoisotopic (exact) mass is 343 g/mol. The molecular formula is C10H12BrCl2NOS. The van der Waals surface area contributed by atoms with Crippen LogP contribution in [0.2, 0.25) is 8.67 Å². The molecule has 0 aliphatic carbocycles. The van der Waals surface area contributed by atoms with E-state index in [2.05, 4.69) is 35.1 Å². The van der Waals surface area contributed by atoms with Crippen molar-refractivity contribution >= 4 is 56.4 Å². The molecule has 1 aromatic rings. The van der Waals surface area contributed by atoms with E-state index >= 15 is 0 Å². The first-order chi connectivity index (χ1) is 7.41. The fourth-order valence-electron chi connectivity index (χ4n) is 1.02. The summed E-state index contributed by atoms with van der Waals surface area (Å²) >= 11 is 16.3. The summed E-state index contributed by atoms with van der Waals surface area (Å²) in [5, 5.41) is 2.81. The number of rotatable bonds is 4. The Balaban J connectivity index is 2.56. The molecule has 1 amide bonds. The molecule has 1 unspecified atom stereocenters. The number of hydrogen-bond donors (Lipinski definition) is 1. The van der Waals surface area contributed by atoms with Crippen LogP contribution < -0.4 is 5.32 Å². The highest BCUT2D eigenvalue weighted by Crippen LogP contribution is 2.30. The maximum atomic E-state index is 11.7. The van der Waals surface area contributed by atoms with Crippen molar-refractivity contribution in [2.24, 2.45) is 5.92 Å². The number of amides is 1. The van der Waals surface area contributed by atoms with E-state index in [1.165, 1.54) is 11.3 Å². The number of hydrogen-bond acceptors (Lipinski definition) is 2. The van der Waals surface area contributed by atoms with Gasteiger partial charge in [-0.3, -0.25) is 4.79 Å². The molecule has 0 aliphatic rings. The second kappa shape index (κ2) is 6.24. The van der Waals surface area contributed by atoms with Crippen molar-refractivity contribution in [3.8, 4) is 0 Å². The average molecular weight is 345 g/mol. The molecule has 1 rings (SSSR count). The highest BCUT2D eigenvalue weighted by Gasteiger charge is 2.16. The van der Waals surface area contributed by atoms with Crippen molar-refractivity contribution in [3.63, 3.8) is 0 Å². The second-order valence-electron chi connectivity index (χ2n) is 3.71. The first-order valence-corrected chi connectivity index (χ1v) is 7.27. The molecule has 1 N–H and O–H groups in total. The van der Waals surface area contributed by atoms with Crippen molar-refractivity contribution in [2.45, 2.75) is 18.7 Å². The number of carbonyl (C=O) groups is 1. The van der Waals surface area contributed by atoms with E-state index in [1.807, 2.05) is 0 Å². The fraction of sp³-hybridized carbons (Fsp3) is 0.500. The van der Waals surface area contributed by atoms with Gasteiger partial charge in [-0.2, -0.15) is 0 Å². The van der Waals surface area contributed by atoms with Gasteiger partial charge in [0, 0.05) is 11.4 Å². The van der Waals surface area contributed by atoms with Crippen LogP contribution in [0, 0.1) is 5.92 Å². The third-order valence-corrected chi connectivity index (χ3v) is 4.95. The van der Waals surface area contributed by atoms with Crippen LogP contribution in [0.15, 0.2) is 6.07 Å². The van der Waals surface area contributed by atoms with Gasteiger partial charge < -0.3 is 5.32 Å². The molecule has 0 saturated carbocycles. The highest BCUT2D eigenvalue weighted by atomic mass is 79.9. The van der Waals surface area contributed by atoms with Crippen molar-refractivity contribution in [1.29, 1.82) is 0 Å². The molecule has 0 bridgehead atoms. The predicted molar refractivity (Wildman–Crippen MR) is 74.2 cm³/mol. The van der Waals surface area contributed by atoms with E-state index in [0.717, 1.165) is 0 Å². The molecule has 0 spiro atoms. The van der Waals surface area contributed by atoms with Crippen molar-refractivity contribution in [1.82, 2.24) is 5.32 Å². The Hall–Kier alpha value is 0.230. The largest absolute Gasteiger partial charge is 0.351 e. The Morgan fingerprint density at radius 2 is 2.19 bits per heavy atom. The Kier molecular flexibility index (Phi) is 5.57. The quantitative estimate of drug-likeness (QED) is 0.814. The Labute approximate surface area is 117 Å². The molecule has 0 aliphatic heterocycles. The van der Waals surface area contributed by atoms with Gasteiger partial charge in [-0.1, -0.05) is 53.0 Å². The molecule has 1 aromatic heterocycles. The number of nitrogens with one attached hydrogen (secondary N) is 1. The Bertz CT molecular complexity index is 381. The molecule has 90 valence electrons. The summed E-state index contributed by atoms with van der Waals surface area (Å²) in [4.78, 5) is 12.0. The third kappa shape index (κ3) is 3.91. The molecule has 0 aromatic carbocycles. The minimum atomic E-state index is -0.182. The highest BCUT2D eigenvalue weighted by molar-refractivity contribution is 9.09. The maximum absolute atomic E-state index is 11.7. The maximum Gasteiger partial charge on any atom is 0.253 e. The molecule has 0 saturated heterocycles. The summed E-state index contributed by atoms with van der Waals surface area (Å²) in [6.07, 6.45) is 0. The normalized spacial score (nSPS) is 12.9. The molecular weight excluding hydrogens is 333 g/mol. The zero-order valence-electron chi connectivity index (χ0n) is 8.89.